The first kappa shape index (κ1) is 13.8. The summed E-state index contributed by atoms with van der Waals surface area (Å²) in [7, 11) is 0. The molecule has 0 aliphatic carbocycles. The first-order valence-electron chi connectivity index (χ1n) is 6.04. The lowest BCUT2D eigenvalue weighted by Gasteiger charge is -2.36. The molecule has 0 radical (unpaired) electrons. The molecule has 102 valence electrons. The van der Waals surface area contributed by atoms with E-state index in [0.29, 0.717) is 26.2 Å². The van der Waals surface area contributed by atoms with E-state index in [1.165, 1.54) is 29.2 Å². The normalized spacial score (nSPS) is 18.8. The van der Waals surface area contributed by atoms with Gasteiger partial charge in [0.15, 0.2) is 0 Å². The van der Waals surface area contributed by atoms with E-state index in [0.717, 1.165) is 0 Å². The molecule has 1 aliphatic rings. The monoisotopic (exact) mass is 269 g/mol. The van der Waals surface area contributed by atoms with Gasteiger partial charge in [0.1, 0.15) is 6.04 Å². The van der Waals surface area contributed by atoms with Gasteiger partial charge in [0.05, 0.1) is 11.6 Å². The van der Waals surface area contributed by atoms with Gasteiger partial charge in [-0.3, -0.25) is 4.90 Å². The van der Waals surface area contributed by atoms with Crippen molar-refractivity contribution in [2.75, 3.05) is 26.2 Å². The van der Waals surface area contributed by atoms with Gasteiger partial charge in [-0.1, -0.05) is 12.1 Å². The lowest BCUT2D eigenvalue weighted by Crippen LogP contribution is -2.49. The zero-order chi connectivity index (χ0) is 13.9. The Balaban J connectivity index is 2.34. The Hall–Kier alpha value is -1.58. The fourth-order valence-corrected chi connectivity index (χ4v) is 2.33. The summed E-state index contributed by atoms with van der Waals surface area (Å²) in [4.78, 5) is 1.41. The molecule has 1 N–H and O–H groups in total. The van der Waals surface area contributed by atoms with Crippen LogP contribution in [0.25, 0.3) is 0 Å². The minimum Gasteiger partial charge on any atom is -0.314 e. The summed E-state index contributed by atoms with van der Waals surface area (Å²) in [5.41, 5.74) is 0.385. The van der Waals surface area contributed by atoms with E-state index in [1.807, 2.05) is 6.07 Å². The van der Waals surface area contributed by atoms with Crippen LogP contribution in [0.5, 0.6) is 0 Å². The zero-order valence-corrected chi connectivity index (χ0v) is 10.2. The summed E-state index contributed by atoms with van der Waals surface area (Å²) in [5, 5.41) is 11.8. The van der Waals surface area contributed by atoms with E-state index in [-0.39, 0.29) is 11.1 Å². The van der Waals surface area contributed by atoms with Crippen LogP contribution in [0.1, 0.15) is 17.2 Å². The van der Waals surface area contributed by atoms with Crippen molar-refractivity contribution in [1.82, 2.24) is 10.2 Å². The van der Waals surface area contributed by atoms with Crippen molar-refractivity contribution in [1.29, 1.82) is 5.26 Å². The summed E-state index contributed by atoms with van der Waals surface area (Å²) in [6.45, 7) is 1.79. The van der Waals surface area contributed by atoms with Crippen LogP contribution in [-0.2, 0) is 0 Å². The Bertz CT molecular complexity index is 473. The Labute approximate surface area is 109 Å². The number of hydrogen-bond acceptors (Lipinski definition) is 3. The maximum absolute atomic E-state index is 13.3. The maximum atomic E-state index is 13.3. The van der Waals surface area contributed by atoms with Gasteiger partial charge in [0.2, 0.25) is 0 Å². The molecule has 1 aliphatic heterocycles. The highest BCUT2D eigenvalue weighted by atomic mass is 19.4. The molecule has 1 aromatic carbocycles. The molecule has 1 aromatic rings. The second-order valence-electron chi connectivity index (χ2n) is 4.47. The molecule has 0 bridgehead atoms. The topological polar surface area (TPSA) is 39.1 Å². The predicted octanol–water partition coefficient (Wildman–Crippen LogP) is 2.07. The molecule has 0 aromatic heterocycles. The van der Waals surface area contributed by atoms with E-state index in [1.54, 1.807) is 0 Å². The molecular weight excluding hydrogens is 255 g/mol. The van der Waals surface area contributed by atoms with Crippen molar-refractivity contribution >= 4 is 0 Å². The zero-order valence-electron chi connectivity index (χ0n) is 10.2. The molecule has 0 spiro atoms. The maximum Gasteiger partial charge on any atom is 0.408 e. The van der Waals surface area contributed by atoms with Crippen molar-refractivity contribution in [2.45, 2.75) is 12.2 Å². The smallest absolute Gasteiger partial charge is 0.314 e. The highest BCUT2D eigenvalue weighted by Gasteiger charge is 2.44. The lowest BCUT2D eigenvalue weighted by molar-refractivity contribution is -0.187. The van der Waals surface area contributed by atoms with Crippen LogP contribution in [0.15, 0.2) is 24.3 Å². The summed E-state index contributed by atoms with van der Waals surface area (Å²) in [6.07, 6.45) is -4.34. The van der Waals surface area contributed by atoms with Gasteiger partial charge >= 0.3 is 6.18 Å². The molecule has 2 rings (SSSR count). The van der Waals surface area contributed by atoms with E-state index in [9.17, 15) is 13.2 Å². The lowest BCUT2D eigenvalue weighted by atomic mass is 10.0. The van der Waals surface area contributed by atoms with Crippen LogP contribution in [-0.4, -0.2) is 37.3 Å². The van der Waals surface area contributed by atoms with E-state index < -0.39 is 12.2 Å². The molecule has 1 fully saturated rings. The highest BCUT2D eigenvalue weighted by Crippen LogP contribution is 2.37. The molecule has 1 atom stereocenters. The fourth-order valence-electron chi connectivity index (χ4n) is 2.33. The number of nitriles is 1. The van der Waals surface area contributed by atoms with Gasteiger partial charge < -0.3 is 5.32 Å². The summed E-state index contributed by atoms with van der Waals surface area (Å²) < 4.78 is 39.8. The molecule has 6 heteroatoms. The van der Waals surface area contributed by atoms with Crippen LogP contribution in [0, 0.1) is 11.3 Å². The number of rotatable bonds is 2. The minimum atomic E-state index is -4.34. The summed E-state index contributed by atoms with van der Waals surface area (Å²) >= 11 is 0. The Morgan fingerprint density at radius 3 is 2.53 bits per heavy atom. The number of hydrogen-bond donors (Lipinski definition) is 1. The second-order valence-corrected chi connectivity index (χ2v) is 4.47. The highest BCUT2D eigenvalue weighted by molar-refractivity contribution is 5.34. The SMILES string of the molecule is N#Cc1cccc([C@@H](N2CCNCC2)C(F)(F)F)c1. The van der Waals surface area contributed by atoms with Crippen LogP contribution < -0.4 is 5.32 Å². The Kier molecular flexibility index (Phi) is 4.08. The molecule has 0 unspecified atom stereocenters. The molecule has 3 nitrogen and oxygen atoms in total. The predicted molar refractivity (Wildman–Crippen MR) is 64.4 cm³/mol. The van der Waals surface area contributed by atoms with Gasteiger partial charge in [-0.05, 0) is 17.7 Å². The summed E-state index contributed by atoms with van der Waals surface area (Å²) in [5.74, 6) is 0. The van der Waals surface area contributed by atoms with E-state index in [4.69, 9.17) is 5.26 Å². The number of benzene rings is 1. The third kappa shape index (κ3) is 3.25. The first-order chi connectivity index (χ1) is 9.02. The third-order valence-electron chi connectivity index (χ3n) is 3.16. The number of piperazine rings is 1. The third-order valence-corrected chi connectivity index (χ3v) is 3.16. The second kappa shape index (κ2) is 5.59. The standard InChI is InChI=1S/C13H14F3N3/c14-13(15,16)12(19-6-4-18-5-7-19)11-3-1-2-10(8-11)9-17/h1-3,8,12,18H,4-7H2/t12-/m1/s1. The van der Waals surface area contributed by atoms with Crippen LogP contribution in [0.3, 0.4) is 0 Å². The number of nitrogens with one attached hydrogen (secondary N) is 1. The Morgan fingerprint density at radius 2 is 1.95 bits per heavy atom. The van der Waals surface area contributed by atoms with Crippen molar-refractivity contribution in [3.05, 3.63) is 35.4 Å². The quantitative estimate of drug-likeness (QED) is 0.893. The van der Waals surface area contributed by atoms with E-state index in [2.05, 4.69) is 5.32 Å². The molecular formula is C13H14F3N3. The number of halogens is 3. The average Bonchev–Trinajstić information content (AvgIpc) is 2.39. The fraction of sp³-hybridized carbons (Fsp3) is 0.462. The van der Waals surface area contributed by atoms with Gasteiger partial charge in [0.25, 0.3) is 0 Å². The molecule has 0 amide bonds. The van der Waals surface area contributed by atoms with Crippen LogP contribution >= 0.6 is 0 Å². The van der Waals surface area contributed by atoms with Gasteiger partial charge in [-0.15, -0.1) is 0 Å². The molecule has 0 saturated carbocycles. The van der Waals surface area contributed by atoms with Crippen LogP contribution in [0.4, 0.5) is 13.2 Å². The van der Waals surface area contributed by atoms with Crippen LogP contribution in [0.2, 0.25) is 0 Å². The largest absolute Gasteiger partial charge is 0.408 e. The summed E-state index contributed by atoms with van der Waals surface area (Å²) in [6, 6.07) is 6.00. The number of alkyl halides is 3. The molecule has 1 heterocycles. The van der Waals surface area contributed by atoms with Gasteiger partial charge in [0, 0.05) is 26.2 Å². The van der Waals surface area contributed by atoms with E-state index >= 15 is 0 Å². The van der Waals surface area contributed by atoms with Gasteiger partial charge in [-0.25, -0.2) is 0 Å². The van der Waals surface area contributed by atoms with Gasteiger partial charge in [-0.2, -0.15) is 18.4 Å². The average molecular weight is 269 g/mol. The Morgan fingerprint density at radius 1 is 1.26 bits per heavy atom. The molecule has 19 heavy (non-hydrogen) atoms. The molecule has 1 saturated heterocycles. The van der Waals surface area contributed by atoms with Crippen molar-refractivity contribution in [3.8, 4) is 6.07 Å². The van der Waals surface area contributed by atoms with Crippen molar-refractivity contribution in [3.63, 3.8) is 0 Å². The van der Waals surface area contributed by atoms with Crippen molar-refractivity contribution < 1.29 is 13.2 Å². The minimum absolute atomic E-state index is 0.133. The number of nitrogens with zero attached hydrogens (tertiary/aromatic N) is 2. The first-order valence-corrected chi connectivity index (χ1v) is 6.04. The van der Waals surface area contributed by atoms with Crippen molar-refractivity contribution in [2.24, 2.45) is 0 Å².